The van der Waals surface area contributed by atoms with Gasteiger partial charge in [0.15, 0.2) is 5.78 Å². The molecule has 0 radical (unpaired) electrons. The Morgan fingerprint density at radius 3 is 2.30 bits per heavy atom. The number of hydrogen-bond donors (Lipinski definition) is 0. The molecule has 0 fully saturated rings. The monoisotopic (exact) mass is 318 g/mol. The molecule has 5 nitrogen and oxygen atoms in total. The van der Waals surface area contributed by atoms with E-state index in [4.69, 9.17) is 14.2 Å². The zero-order valence-corrected chi connectivity index (χ0v) is 13.9. The number of rotatable bonds is 5. The van der Waals surface area contributed by atoms with E-state index < -0.39 is 5.92 Å². The number of ether oxygens (including phenoxy) is 3. The lowest BCUT2D eigenvalue weighted by atomic mass is 9.74. The van der Waals surface area contributed by atoms with Gasteiger partial charge in [-0.2, -0.15) is 0 Å². The maximum atomic E-state index is 12.4. The Morgan fingerprint density at radius 2 is 1.78 bits per heavy atom. The van der Waals surface area contributed by atoms with Crippen molar-refractivity contribution in [2.45, 2.75) is 26.2 Å². The summed E-state index contributed by atoms with van der Waals surface area (Å²) in [6, 6.07) is 5.44. The Labute approximate surface area is 136 Å². The molecule has 0 saturated carbocycles. The van der Waals surface area contributed by atoms with Crippen molar-refractivity contribution in [2.24, 2.45) is 5.92 Å². The van der Waals surface area contributed by atoms with Crippen LogP contribution in [0.15, 0.2) is 29.8 Å². The normalized spacial score (nSPS) is 20.7. The molecular formula is C18H22O5. The Morgan fingerprint density at radius 1 is 1.17 bits per heavy atom. The van der Waals surface area contributed by atoms with Crippen LogP contribution in [0.2, 0.25) is 0 Å². The van der Waals surface area contributed by atoms with Crippen molar-refractivity contribution >= 4 is 11.8 Å². The van der Waals surface area contributed by atoms with E-state index >= 15 is 0 Å². The van der Waals surface area contributed by atoms with Gasteiger partial charge in [0.2, 0.25) is 0 Å². The third kappa shape index (κ3) is 3.73. The zero-order valence-electron chi connectivity index (χ0n) is 13.9. The molecule has 124 valence electrons. The number of ketones is 1. The van der Waals surface area contributed by atoms with Crippen LogP contribution >= 0.6 is 0 Å². The Bertz CT molecular complexity index is 610. The van der Waals surface area contributed by atoms with Crippen LogP contribution in [0.25, 0.3) is 0 Å². The van der Waals surface area contributed by atoms with Crippen LogP contribution in [0.5, 0.6) is 11.5 Å². The lowest BCUT2D eigenvalue weighted by Gasteiger charge is -2.29. The average molecular weight is 318 g/mol. The molecule has 1 aliphatic carbocycles. The molecule has 23 heavy (non-hydrogen) atoms. The van der Waals surface area contributed by atoms with Gasteiger partial charge in [-0.15, -0.1) is 0 Å². The van der Waals surface area contributed by atoms with Gasteiger partial charge in [0.05, 0.1) is 26.7 Å². The molecule has 0 amide bonds. The summed E-state index contributed by atoms with van der Waals surface area (Å²) >= 11 is 0. The number of benzene rings is 1. The smallest absolute Gasteiger partial charge is 0.313 e. The van der Waals surface area contributed by atoms with Crippen LogP contribution in [-0.4, -0.2) is 32.6 Å². The van der Waals surface area contributed by atoms with Gasteiger partial charge in [-0.1, -0.05) is 5.57 Å². The minimum absolute atomic E-state index is 0.00911. The second-order valence-corrected chi connectivity index (χ2v) is 5.54. The summed E-state index contributed by atoms with van der Waals surface area (Å²) in [5.41, 5.74) is 1.56. The second kappa shape index (κ2) is 7.31. The highest BCUT2D eigenvalue weighted by Crippen LogP contribution is 2.40. The molecule has 2 rings (SSSR count). The molecule has 0 N–H and O–H groups in total. The van der Waals surface area contributed by atoms with Gasteiger partial charge < -0.3 is 14.2 Å². The molecular weight excluding hydrogens is 296 g/mol. The summed E-state index contributed by atoms with van der Waals surface area (Å²) in [5.74, 6) is 0.207. The van der Waals surface area contributed by atoms with Gasteiger partial charge in [0.1, 0.15) is 11.5 Å². The fourth-order valence-corrected chi connectivity index (χ4v) is 2.99. The summed E-state index contributed by atoms with van der Waals surface area (Å²) in [7, 11) is 3.14. The predicted molar refractivity (Wildman–Crippen MR) is 85.8 cm³/mol. The van der Waals surface area contributed by atoms with E-state index in [2.05, 4.69) is 0 Å². The van der Waals surface area contributed by atoms with Crippen LogP contribution in [0, 0.1) is 5.92 Å². The van der Waals surface area contributed by atoms with Crippen LogP contribution in [0.4, 0.5) is 0 Å². The highest BCUT2D eigenvalue weighted by Gasteiger charge is 2.37. The molecule has 0 heterocycles. The maximum absolute atomic E-state index is 12.4. The van der Waals surface area contributed by atoms with E-state index in [1.807, 2.05) is 12.1 Å². The fraction of sp³-hybridized carbons (Fsp3) is 0.444. The van der Waals surface area contributed by atoms with Crippen LogP contribution in [0.3, 0.4) is 0 Å². The third-order valence-corrected chi connectivity index (χ3v) is 4.05. The van der Waals surface area contributed by atoms with Crippen molar-refractivity contribution < 1.29 is 23.8 Å². The maximum Gasteiger partial charge on any atom is 0.313 e. The summed E-state index contributed by atoms with van der Waals surface area (Å²) < 4.78 is 15.8. The standard InChI is InChI=1S/C18H22O5/c1-5-23-18(20)17-11(2)6-13(19)9-16(17)12-7-14(21-3)10-15(8-12)22-4/h6-8,10,16-17H,5,9H2,1-4H3. The fourth-order valence-electron chi connectivity index (χ4n) is 2.99. The lowest BCUT2D eigenvalue weighted by Crippen LogP contribution is -2.30. The Kier molecular flexibility index (Phi) is 5.42. The largest absolute Gasteiger partial charge is 0.497 e. The highest BCUT2D eigenvalue weighted by molar-refractivity contribution is 5.95. The van der Waals surface area contributed by atoms with Gasteiger partial charge in [0, 0.05) is 18.4 Å². The van der Waals surface area contributed by atoms with Crippen LogP contribution in [0.1, 0.15) is 31.7 Å². The molecule has 1 aromatic carbocycles. The van der Waals surface area contributed by atoms with Gasteiger partial charge >= 0.3 is 5.97 Å². The van der Waals surface area contributed by atoms with Crippen molar-refractivity contribution in [1.29, 1.82) is 0 Å². The molecule has 0 aliphatic heterocycles. The molecule has 5 heteroatoms. The first-order valence-corrected chi connectivity index (χ1v) is 7.60. The van der Waals surface area contributed by atoms with E-state index in [1.165, 1.54) is 6.08 Å². The number of carbonyl (C=O) groups excluding carboxylic acids is 2. The number of allylic oxidation sites excluding steroid dienone is 1. The number of hydrogen-bond acceptors (Lipinski definition) is 5. The summed E-state index contributed by atoms with van der Waals surface area (Å²) in [4.78, 5) is 24.4. The van der Waals surface area contributed by atoms with E-state index in [-0.39, 0.29) is 24.1 Å². The zero-order chi connectivity index (χ0) is 17.0. The SMILES string of the molecule is CCOC(=O)C1C(C)=CC(=O)CC1c1cc(OC)cc(OC)c1. The van der Waals surface area contributed by atoms with Crippen molar-refractivity contribution in [1.82, 2.24) is 0 Å². The van der Waals surface area contributed by atoms with Crippen molar-refractivity contribution in [3.63, 3.8) is 0 Å². The number of methoxy groups -OCH3 is 2. The van der Waals surface area contributed by atoms with Gasteiger partial charge in [-0.05, 0) is 37.6 Å². The minimum atomic E-state index is -0.468. The molecule has 1 aliphatic rings. The molecule has 0 saturated heterocycles. The average Bonchev–Trinajstić information content (AvgIpc) is 2.53. The molecule has 0 aromatic heterocycles. The topological polar surface area (TPSA) is 61.8 Å². The molecule has 2 atom stereocenters. The molecule has 0 spiro atoms. The van der Waals surface area contributed by atoms with Crippen LogP contribution in [-0.2, 0) is 14.3 Å². The first kappa shape index (κ1) is 17.1. The van der Waals surface area contributed by atoms with Crippen LogP contribution < -0.4 is 9.47 Å². The Balaban J connectivity index is 2.47. The Hall–Kier alpha value is -2.30. The second-order valence-electron chi connectivity index (χ2n) is 5.54. The van der Waals surface area contributed by atoms with Crippen molar-refractivity contribution in [3.05, 3.63) is 35.4 Å². The molecule has 2 unspecified atom stereocenters. The van der Waals surface area contributed by atoms with Gasteiger partial charge in [-0.3, -0.25) is 9.59 Å². The molecule has 1 aromatic rings. The first-order valence-electron chi connectivity index (χ1n) is 7.60. The predicted octanol–water partition coefficient (Wildman–Crippen LogP) is 2.89. The number of esters is 1. The highest BCUT2D eigenvalue weighted by atomic mass is 16.5. The quantitative estimate of drug-likeness (QED) is 0.781. The van der Waals surface area contributed by atoms with Crippen molar-refractivity contribution in [3.8, 4) is 11.5 Å². The van der Waals surface area contributed by atoms with E-state index in [0.29, 0.717) is 18.1 Å². The summed E-state index contributed by atoms with van der Waals surface area (Å²) in [6.07, 6.45) is 1.80. The summed E-state index contributed by atoms with van der Waals surface area (Å²) in [5, 5.41) is 0. The van der Waals surface area contributed by atoms with Gasteiger partial charge in [0.25, 0.3) is 0 Å². The summed E-state index contributed by atoms with van der Waals surface area (Å²) in [6.45, 7) is 3.88. The number of carbonyl (C=O) groups is 2. The van der Waals surface area contributed by atoms with E-state index in [1.54, 1.807) is 34.1 Å². The first-order chi connectivity index (χ1) is 11.0. The van der Waals surface area contributed by atoms with E-state index in [0.717, 1.165) is 11.1 Å². The minimum Gasteiger partial charge on any atom is -0.497 e. The lowest BCUT2D eigenvalue weighted by molar-refractivity contribution is -0.147. The van der Waals surface area contributed by atoms with Gasteiger partial charge in [-0.25, -0.2) is 0 Å². The molecule has 0 bridgehead atoms. The van der Waals surface area contributed by atoms with E-state index in [9.17, 15) is 9.59 Å². The van der Waals surface area contributed by atoms with Crippen molar-refractivity contribution in [2.75, 3.05) is 20.8 Å². The third-order valence-electron chi connectivity index (χ3n) is 4.05.